The van der Waals surface area contributed by atoms with Gasteiger partial charge in [-0.3, -0.25) is 4.90 Å². The van der Waals surface area contributed by atoms with Crippen molar-refractivity contribution in [1.82, 2.24) is 19.7 Å². The van der Waals surface area contributed by atoms with Crippen molar-refractivity contribution in [3.8, 4) is 0 Å². The first-order chi connectivity index (χ1) is 13.6. The van der Waals surface area contributed by atoms with Gasteiger partial charge in [0.25, 0.3) is 0 Å². The van der Waals surface area contributed by atoms with E-state index in [1.54, 1.807) is 0 Å². The van der Waals surface area contributed by atoms with Gasteiger partial charge in [-0.25, -0.2) is 4.79 Å². The summed E-state index contributed by atoms with van der Waals surface area (Å²) in [6.45, 7) is 4.69. The quantitative estimate of drug-likeness (QED) is 0.869. The predicted molar refractivity (Wildman–Crippen MR) is 110 cm³/mol. The molecule has 28 heavy (non-hydrogen) atoms. The van der Waals surface area contributed by atoms with Crippen LogP contribution < -0.4 is 0 Å². The highest BCUT2D eigenvalue weighted by Gasteiger charge is 2.34. The van der Waals surface area contributed by atoms with Gasteiger partial charge in [-0.15, -0.1) is 0 Å². The van der Waals surface area contributed by atoms with Gasteiger partial charge in [-0.2, -0.15) is 0 Å². The molecule has 1 fully saturated rings. The maximum atomic E-state index is 12.4. The van der Waals surface area contributed by atoms with E-state index in [-0.39, 0.29) is 12.0 Å². The number of piperazine rings is 1. The first-order valence-corrected chi connectivity index (χ1v) is 10.2. The number of hydrogen-bond acceptors (Lipinski definition) is 4. The van der Waals surface area contributed by atoms with Gasteiger partial charge in [-0.1, -0.05) is 18.2 Å². The average molecular weight is 380 g/mol. The molecular weight excluding hydrogens is 352 g/mol. The first kappa shape index (κ1) is 17.8. The van der Waals surface area contributed by atoms with Gasteiger partial charge < -0.3 is 19.5 Å². The second-order valence-corrected chi connectivity index (χ2v) is 8.45. The highest BCUT2D eigenvalue weighted by atomic mass is 16.6. The van der Waals surface area contributed by atoms with Crippen molar-refractivity contribution in [2.45, 2.75) is 12.5 Å². The number of hydrogen-bond donors (Lipinski definition) is 1. The van der Waals surface area contributed by atoms with E-state index in [4.69, 9.17) is 4.74 Å². The molecule has 1 N–H and O–H groups in total. The molecule has 1 saturated heterocycles. The number of rotatable bonds is 2. The summed E-state index contributed by atoms with van der Waals surface area (Å²) in [7, 11) is 4.27. The lowest BCUT2D eigenvalue weighted by atomic mass is 9.80. The predicted octanol–water partition coefficient (Wildman–Crippen LogP) is 2.42. The first-order valence-electron chi connectivity index (χ1n) is 10.2. The van der Waals surface area contributed by atoms with Crippen LogP contribution in [0.3, 0.4) is 0 Å². The molecule has 6 nitrogen and oxygen atoms in total. The monoisotopic (exact) mass is 380 g/mol. The number of benzene rings is 1. The topological polar surface area (TPSA) is 51.8 Å². The maximum Gasteiger partial charge on any atom is 0.409 e. The van der Waals surface area contributed by atoms with E-state index in [0.717, 1.165) is 39.1 Å². The molecule has 1 aromatic carbocycles. The van der Waals surface area contributed by atoms with Crippen LogP contribution in [0.25, 0.3) is 16.5 Å². The van der Waals surface area contributed by atoms with Crippen LogP contribution in [0.4, 0.5) is 4.79 Å². The Bertz CT molecular complexity index is 926. The van der Waals surface area contributed by atoms with E-state index >= 15 is 0 Å². The molecule has 6 heteroatoms. The van der Waals surface area contributed by atoms with Crippen LogP contribution in [-0.4, -0.2) is 85.2 Å². The van der Waals surface area contributed by atoms with Crippen LogP contribution >= 0.6 is 0 Å². The molecule has 0 bridgehead atoms. The van der Waals surface area contributed by atoms with E-state index in [0.29, 0.717) is 12.6 Å². The van der Waals surface area contributed by atoms with Gasteiger partial charge in [-0.05, 0) is 43.3 Å². The molecular formula is C22H28N4O2. The molecule has 0 radical (unpaired) electrons. The van der Waals surface area contributed by atoms with Gasteiger partial charge in [0.2, 0.25) is 0 Å². The lowest BCUT2D eigenvalue weighted by Gasteiger charge is -2.40. The Morgan fingerprint density at radius 2 is 2.04 bits per heavy atom. The minimum Gasteiger partial charge on any atom is -0.449 e. The Labute approximate surface area is 165 Å². The number of nitrogens with one attached hydrogen (secondary N) is 1. The Morgan fingerprint density at radius 3 is 2.86 bits per heavy atom. The minimum atomic E-state index is -0.171. The summed E-state index contributed by atoms with van der Waals surface area (Å²) in [5, 5.41) is 1.36. The minimum absolute atomic E-state index is 0.171. The zero-order valence-corrected chi connectivity index (χ0v) is 16.6. The number of nitrogens with zero attached hydrogens (tertiary/aromatic N) is 3. The highest BCUT2D eigenvalue weighted by Crippen LogP contribution is 2.40. The third kappa shape index (κ3) is 3.01. The summed E-state index contributed by atoms with van der Waals surface area (Å²) in [4.78, 5) is 22.3. The molecule has 0 saturated carbocycles. The fourth-order valence-corrected chi connectivity index (χ4v) is 4.91. The molecule has 2 aromatic rings. The van der Waals surface area contributed by atoms with Crippen LogP contribution in [0.2, 0.25) is 0 Å². The summed E-state index contributed by atoms with van der Waals surface area (Å²) < 4.78 is 5.70. The standard InChI is InChI=1S/C22H28N4O2/c1-24-6-8-26(9-7-24)22(27)28-14-15-10-18-17-4-3-5-19-21(17)16(12-23-19)11-20(18)25(2)13-15/h3-5,10,12,15,20,23H,6-9,11,13-14H2,1-2H3/t15?,20-/m0/s1. The van der Waals surface area contributed by atoms with Crippen LogP contribution in [0.15, 0.2) is 30.5 Å². The number of carbonyl (C=O) groups is 1. The lowest BCUT2D eigenvalue weighted by Crippen LogP contribution is -2.48. The average Bonchev–Trinajstić information content (AvgIpc) is 3.12. The number of aromatic nitrogens is 1. The number of fused-ring (bicyclic) bond motifs is 2. The molecule has 2 aliphatic heterocycles. The van der Waals surface area contributed by atoms with E-state index in [2.05, 4.69) is 59.4 Å². The van der Waals surface area contributed by atoms with Gasteiger partial charge in [0.1, 0.15) is 6.61 Å². The lowest BCUT2D eigenvalue weighted by molar-refractivity contribution is 0.0691. The molecule has 3 aliphatic rings. The van der Waals surface area contributed by atoms with Gasteiger partial charge in [0.15, 0.2) is 0 Å². The number of likely N-dealkylation sites (N-methyl/N-ethyl adjacent to an activating group) is 2. The van der Waals surface area contributed by atoms with Crippen molar-refractivity contribution in [2.24, 2.45) is 5.92 Å². The van der Waals surface area contributed by atoms with Crippen molar-refractivity contribution < 1.29 is 9.53 Å². The van der Waals surface area contributed by atoms with Crippen molar-refractivity contribution in [2.75, 3.05) is 53.4 Å². The third-order valence-electron chi connectivity index (χ3n) is 6.52. The summed E-state index contributed by atoms with van der Waals surface area (Å²) in [6, 6.07) is 6.89. The summed E-state index contributed by atoms with van der Waals surface area (Å²) in [6.07, 6.45) is 5.37. The molecule has 148 valence electrons. The van der Waals surface area contributed by atoms with E-state index in [1.807, 2.05) is 4.90 Å². The Morgan fingerprint density at radius 1 is 1.21 bits per heavy atom. The van der Waals surface area contributed by atoms with E-state index in [1.165, 1.54) is 27.6 Å². The molecule has 2 atom stereocenters. The number of aromatic amines is 1. The fourth-order valence-electron chi connectivity index (χ4n) is 4.91. The Balaban J connectivity index is 1.34. The van der Waals surface area contributed by atoms with Crippen LogP contribution in [-0.2, 0) is 11.2 Å². The Kier molecular flexibility index (Phi) is 4.40. The SMILES string of the molecule is CN1CCN(C(=O)OCC2C=C3c4cccc5[nH]cc(c45)C[C@@H]3N(C)C2)CC1. The van der Waals surface area contributed by atoms with Crippen molar-refractivity contribution in [3.05, 3.63) is 41.6 Å². The maximum absolute atomic E-state index is 12.4. The number of H-pyrrole nitrogens is 1. The molecule has 3 heterocycles. The van der Waals surface area contributed by atoms with Crippen molar-refractivity contribution >= 4 is 22.6 Å². The normalized spacial score (nSPS) is 25.5. The second kappa shape index (κ2) is 6.94. The summed E-state index contributed by atoms with van der Waals surface area (Å²) >= 11 is 0. The molecule has 1 aliphatic carbocycles. The summed E-state index contributed by atoms with van der Waals surface area (Å²) in [5.74, 6) is 0.225. The zero-order chi connectivity index (χ0) is 19.3. The molecule has 1 aromatic heterocycles. The fraction of sp³-hybridized carbons (Fsp3) is 0.500. The summed E-state index contributed by atoms with van der Waals surface area (Å²) in [5.41, 5.74) is 5.32. The molecule has 0 spiro atoms. The molecule has 1 unspecified atom stereocenters. The van der Waals surface area contributed by atoms with E-state index < -0.39 is 0 Å². The van der Waals surface area contributed by atoms with Gasteiger partial charge in [0, 0.05) is 61.8 Å². The second-order valence-electron chi connectivity index (χ2n) is 8.45. The zero-order valence-electron chi connectivity index (χ0n) is 16.6. The molecule has 5 rings (SSSR count). The van der Waals surface area contributed by atoms with Gasteiger partial charge >= 0.3 is 6.09 Å². The van der Waals surface area contributed by atoms with Crippen LogP contribution in [0.5, 0.6) is 0 Å². The smallest absolute Gasteiger partial charge is 0.409 e. The van der Waals surface area contributed by atoms with E-state index in [9.17, 15) is 4.79 Å². The molecule has 1 amide bonds. The van der Waals surface area contributed by atoms with Crippen LogP contribution in [0, 0.1) is 5.92 Å². The largest absolute Gasteiger partial charge is 0.449 e. The number of amides is 1. The van der Waals surface area contributed by atoms with Crippen LogP contribution in [0.1, 0.15) is 11.1 Å². The van der Waals surface area contributed by atoms with Crippen molar-refractivity contribution in [1.29, 1.82) is 0 Å². The van der Waals surface area contributed by atoms with Gasteiger partial charge in [0.05, 0.1) is 0 Å². The highest BCUT2D eigenvalue weighted by molar-refractivity contribution is 5.98. The van der Waals surface area contributed by atoms with Crippen molar-refractivity contribution in [3.63, 3.8) is 0 Å². The Hall–Kier alpha value is -2.31. The number of ether oxygens (including phenoxy) is 1. The third-order valence-corrected chi connectivity index (χ3v) is 6.52. The number of carbonyl (C=O) groups excluding carboxylic acids is 1.